The summed E-state index contributed by atoms with van der Waals surface area (Å²) in [4.78, 5) is 17.3. The van der Waals surface area contributed by atoms with Crippen LogP contribution in [0.2, 0.25) is 0 Å². The molecule has 1 aromatic carbocycles. The summed E-state index contributed by atoms with van der Waals surface area (Å²) in [5, 5.41) is 9.76. The van der Waals surface area contributed by atoms with Gasteiger partial charge >= 0.3 is 5.97 Å². The zero-order valence-corrected chi connectivity index (χ0v) is 12.1. The van der Waals surface area contributed by atoms with Crippen LogP contribution < -0.4 is 4.90 Å². The second-order valence-electron chi connectivity index (χ2n) is 5.08. The van der Waals surface area contributed by atoms with Crippen molar-refractivity contribution in [1.29, 1.82) is 0 Å². The number of hydrogen-bond donors (Lipinski definition) is 1. The highest BCUT2D eigenvalue weighted by Crippen LogP contribution is 2.29. The number of aliphatic carboxylic acids is 1. The van der Waals surface area contributed by atoms with Crippen LogP contribution in [0.1, 0.15) is 16.8 Å². The molecule has 0 aliphatic rings. The number of fused-ring (bicyclic) bond motifs is 1. The first kappa shape index (κ1) is 14.1. The first-order valence-corrected chi connectivity index (χ1v) is 6.39. The molecule has 0 amide bonds. The molecule has 0 bridgehead atoms. The third-order valence-electron chi connectivity index (χ3n) is 3.13. The van der Waals surface area contributed by atoms with Gasteiger partial charge < -0.3 is 10.0 Å². The van der Waals surface area contributed by atoms with Gasteiger partial charge in [-0.1, -0.05) is 0 Å². The molecular formula is C16H18N2O2. The number of carboxylic acids is 1. The molecule has 0 atom stereocenters. The molecule has 0 fully saturated rings. The van der Waals surface area contributed by atoms with Gasteiger partial charge in [0.1, 0.15) is 0 Å². The fraction of sp³-hybridized carbons (Fsp3) is 0.250. The molecule has 0 saturated heterocycles. The highest BCUT2D eigenvalue weighted by Gasteiger charge is 2.09. The van der Waals surface area contributed by atoms with Gasteiger partial charge in [-0.15, -0.1) is 0 Å². The van der Waals surface area contributed by atoms with Crippen molar-refractivity contribution in [3.8, 4) is 0 Å². The summed E-state index contributed by atoms with van der Waals surface area (Å²) < 4.78 is 0. The normalized spacial score (nSPS) is 11.2. The molecule has 2 aromatic rings. The van der Waals surface area contributed by atoms with E-state index in [-0.39, 0.29) is 0 Å². The Morgan fingerprint density at radius 1 is 1.25 bits per heavy atom. The molecule has 0 unspecified atom stereocenters. The predicted octanol–water partition coefficient (Wildman–Crippen LogP) is 3.02. The van der Waals surface area contributed by atoms with Crippen LogP contribution in [0.25, 0.3) is 17.0 Å². The highest BCUT2D eigenvalue weighted by atomic mass is 16.4. The van der Waals surface area contributed by atoms with Gasteiger partial charge in [0.2, 0.25) is 0 Å². The lowest BCUT2D eigenvalue weighted by Gasteiger charge is -2.17. The van der Waals surface area contributed by atoms with Gasteiger partial charge in [0.15, 0.2) is 0 Å². The minimum absolute atomic E-state index is 0.867. The average molecular weight is 270 g/mol. The molecular weight excluding hydrogens is 252 g/mol. The Morgan fingerprint density at radius 2 is 1.95 bits per heavy atom. The second-order valence-corrected chi connectivity index (χ2v) is 5.08. The summed E-state index contributed by atoms with van der Waals surface area (Å²) in [5.74, 6) is -0.947. The van der Waals surface area contributed by atoms with E-state index in [4.69, 9.17) is 5.11 Å². The van der Waals surface area contributed by atoms with Crippen molar-refractivity contribution in [3.05, 3.63) is 41.1 Å². The predicted molar refractivity (Wildman–Crippen MR) is 82.2 cm³/mol. The lowest BCUT2D eigenvalue weighted by Crippen LogP contribution is -2.10. The number of nitrogens with zero attached hydrogens (tertiary/aromatic N) is 2. The summed E-state index contributed by atoms with van der Waals surface area (Å²) in [6, 6.07) is 5.96. The Labute approximate surface area is 118 Å². The first-order valence-electron chi connectivity index (χ1n) is 6.39. The van der Waals surface area contributed by atoms with E-state index in [1.165, 1.54) is 0 Å². The summed E-state index contributed by atoms with van der Waals surface area (Å²) >= 11 is 0. The molecule has 1 heterocycles. The van der Waals surface area contributed by atoms with E-state index >= 15 is 0 Å². The summed E-state index contributed by atoms with van der Waals surface area (Å²) in [5.41, 5.74) is 4.92. The number of anilines is 1. The Hall–Kier alpha value is -2.36. The van der Waals surface area contributed by atoms with Crippen LogP contribution in [0.4, 0.5) is 5.69 Å². The largest absolute Gasteiger partial charge is 0.478 e. The molecule has 1 N–H and O–H groups in total. The molecule has 2 rings (SSSR count). The number of rotatable bonds is 3. The van der Waals surface area contributed by atoms with Crippen molar-refractivity contribution in [2.45, 2.75) is 13.8 Å². The average Bonchev–Trinajstić information content (AvgIpc) is 2.36. The van der Waals surface area contributed by atoms with Crippen LogP contribution in [0, 0.1) is 13.8 Å². The van der Waals surface area contributed by atoms with E-state index in [1.54, 1.807) is 6.08 Å². The fourth-order valence-corrected chi connectivity index (χ4v) is 2.27. The van der Waals surface area contributed by atoms with Gasteiger partial charge in [0, 0.05) is 36.9 Å². The third kappa shape index (κ3) is 2.79. The monoisotopic (exact) mass is 270 g/mol. The smallest absolute Gasteiger partial charge is 0.328 e. The minimum Gasteiger partial charge on any atom is -0.478 e. The molecule has 20 heavy (non-hydrogen) atoms. The van der Waals surface area contributed by atoms with Crippen LogP contribution in [-0.2, 0) is 4.79 Å². The first-order chi connectivity index (χ1) is 9.38. The molecule has 104 valence electrons. The van der Waals surface area contributed by atoms with E-state index < -0.39 is 5.97 Å². The second kappa shape index (κ2) is 5.33. The maximum absolute atomic E-state index is 10.6. The van der Waals surface area contributed by atoms with E-state index in [1.807, 2.05) is 51.0 Å². The Morgan fingerprint density at radius 3 is 2.55 bits per heavy atom. The third-order valence-corrected chi connectivity index (χ3v) is 3.13. The number of aryl methyl sites for hydroxylation is 2. The van der Waals surface area contributed by atoms with Crippen LogP contribution in [0.15, 0.2) is 24.3 Å². The number of carboxylic acid groups (broad SMARTS) is 1. The quantitative estimate of drug-likeness (QED) is 0.871. The zero-order valence-electron chi connectivity index (χ0n) is 12.1. The number of benzene rings is 1. The van der Waals surface area contributed by atoms with Gasteiger partial charge in [-0.05, 0) is 49.2 Å². The lowest BCUT2D eigenvalue weighted by atomic mass is 10.0. The van der Waals surface area contributed by atoms with Crippen molar-refractivity contribution in [2.24, 2.45) is 0 Å². The van der Waals surface area contributed by atoms with E-state index in [2.05, 4.69) is 4.98 Å². The Balaban J connectivity index is 2.71. The van der Waals surface area contributed by atoms with Crippen LogP contribution in [0.5, 0.6) is 0 Å². The van der Waals surface area contributed by atoms with Crippen LogP contribution in [-0.4, -0.2) is 30.2 Å². The van der Waals surface area contributed by atoms with Crippen molar-refractivity contribution in [2.75, 3.05) is 19.0 Å². The van der Waals surface area contributed by atoms with Crippen molar-refractivity contribution in [3.63, 3.8) is 0 Å². The molecule has 0 saturated carbocycles. The standard InChI is InChI=1S/C16H18N2O2/c1-10-7-12(5-6-15(19)20)9-13-14(18(3)4)8-11(2)17-16(10)13/h5-9H,1-4H3,(H,19,20)/b6-5+. The van der Waals surface area contributed by atoms with Crippen molar-refractivity contribution < 1.29 is 9.90 Å². The maximum Gasteiger partial charge on any atom is 0.328 e. The van der Waals surface area contributed by atoms with Crippen molar-refractivity contribution >= 4 is 28.6 Å². The van der Waals surface area contributed by atoms with Gasteiger partial charge in [0.05, 0.1) is 5.52 Å². The highest BCUT2D eigenvalue weighted by molar-refractivity contribution is 5.96. The summed E-state index contributed by atoms with van der Waals surface area (Å²) in [6.45, 7) is 3.97. The molecule has 0 aliphatic heterocycles. The van der Waals surface area contributed by atoms with E-state index in [0.717, 1.165) is 39.5 Å². The molecule has 1 aromatic heterocycles. The number of aromatic nitrogens is 1. The molecule has 0 radical (unpaired) electrons. The van der Waals surface area contributed by atoms with Gasteiger partial charge in [-0.3, -0.25) is 4.98 Å². The zero-order chi connectivity index (χ0) is 14.9. The SMILES string of the molecule is Cc1cc(N(C)C)c2cc(/C=C/C(=O)O)cc(C)c2n1. The topological polar surface area (TPSA) is 53.4 Å². The molecule has 4 nitrogen and oxygen atoms in total. The summed E-state index contributed by atoms with van der Waals surface area (Å²) in [6.07, 6.45) is 2.76. The maximum atomic E-state index is 10.6. The Bertz CT molecular complexity index is 703. The molecule has 0 spiro atoms. The van der Waals surface area contributed by atoms with Gasteiger partial charge in [-0.2, -0.15) is 0 Å². The van der Waals surface area contributed by atoms with Gasteiger partial charge in [-0.25, -0.2) is 4.79 Å². The van der Waals surface area contributed by atoms with Crippen LogP contribution in [0.3, 0.4) is 0 Å². The molecule has 4 heteroatoms. The van der Waals surface area contributed by atoms with Crippen molar-refractivity contribution in [1.82, 2.24) is 4.98 Å². The lowest BCUT2D eigenvalue weighted by molar-refractivity contribution is -0.131. The number of carbonyl (C=O) groups is 1. The van der Waals surface area contributed by atoms with E-state index in [0.29, 0.717) is 0 Å². The fourth-order valence-electron chi connectivity index (χ4n) is 2.27. The number of pyridine rings is 1. The summed E-state index contributed by atoms with van der Waals surface area (Å²) in [7, 11) is 3.98. The minimum atomic E-state index is -0.947. The van der Waals surface area contributed by atoms with Gasteiger partial charge in [0.25, 0.3) is 0 Å². The van der Waals surface area contributed by atoms with Crippen LogP contribution >= 0.6 is 0 Å². The van der Waals surface area contributed by atoms with E-state index in [9.17, 15) is 4.79 Å². The number of hydrogen-bond acceptors (Lipinski definition) is 3. The molecule has 0 aliphatic carbocycles. The Kier molecular flexibility index (Phi) is 3.74.